The van der Waals surface area contributed by atoms with Gasteiger partial charge < -0.3 is 5.32 Å². The highest BCUT2D eigenvalue weighted by molar-refractivity contribution is 5.84. The van der Waals surface area contributed by atoms with E-state index >= 15 is 0 Å². The molecule has 0 fully saturated rings. The molecule has 4 nitrogen and oxygen atoms in total. The lowest BCUT2D eigenvalue weighted by atomic mass is 10.1. The summed E-state index contributed by atoms with van der Waals surface area (Å²) in [6.07, 6.45) is 1.17. The van der Waals surface area contributed by atoms with Gasteiger partial charge in [0.05, 0.1) is 11.7 Å². The topological polar surface area (TPSA) is 50.7 Å². The maximum Gasteiger partial charge on any atom is 0.223 e. The molecular weight excluding hydrogens is 255 g/mol. The quantitative estimate of drug-likeness (QED) is 0.775. The minimum Gasteiger partial charge on any atom is -0.357 e. The second-order valence-corrected chi connectivity index (χ2v) is 4.50. The number of nitrogens with one attached hydrogen (secondary N) is 1. The van der Waals surface area contributed by atoms with Crippen molar-refractivity contribution in [1.82, 2.24) is 15.0 Å². The zero-order valence-electron chi connectivity index (χ0n) is 11.2. The number of pyridine rings is 1. The Hall–Kier alpha value is -2.56. The van der Waals surface area contributed by atoms with Crippen LogP contribution in [0, 0.1) is 12.7 Å². The first-order valence-corrected chi connectivity index (χ1v) is 6.25. The molecule has 2 heterocycles. The number of hydrogen-bond acceptors (Lipinski definition) is 4. The Labute approximate surface area is 115 Å². The summed E-state index contributed by atoms with van der Waals surface area (Å²) in [4.78, 5) is 12.4. The van der Waals surface area contributed by atoms with E-state index in [0.29, 0.717) is 11.5 Å². The number of benzene rings is 1. The van der Waals surface area contributed by atoms with E-state index in [2.05, 4.69) is 20.3 Å². The zero-order valence-corrected chi connectivity index (χ0v) is 11.2. The van der Waals surface area contributed by atoms with Crippen molar-refractivity contribution in [3.63, 3.8) is 0 Å². The van der Waals surface area contributed by atoms with Crippen LogP contribution in [0.2, 0.25) is 0 Å². The van der Waals surface area contributed by atoms with Crippen molar-refractivity contribution >= 4 is 16.9 Å². The Bertz CT molecular complexity index is 786. The van der Waals surface area contributed by atoms with E-state index in [-0.39, 0.29) is 5.69 Å². The molecule has 0 amide bonds. The number of nitrogens with zero attached hydrogens (tertiary/aromatic N) is 3. The van der Waals surface area contributed by atoms with Crippen molar-refractivity contribution < 1.29 is 4.39 Å². The molecule has 1 N–H and O–H groups in total. The summed E-state index contributed by atoms with van der Waals surface area (Å²) < 4.78 is 13.9. The minimum atomic E-state index is -0.441. The predicted molar refractivity (Wildman–Crippen MR) is 77.0 cm³/mol. The summed E-state index contributed by atoms with van der Waals surface area (Å²) in [5, 5.41) is 3.76. The van der Waals surface area contributed by atoms with Gasteiger partial charge in [-0.3, -0.25) is 4.98 Å². The second kappa shape index (κ2) is 4.85. The summed E-state index contributed by atoms with van der Waals surface area (Å²) in [6, 6.07) is 9.48. The predicted octanol–water partition coefficient (Wildman–Crippen LogP) is 3.18. The molecule has 20 heavy (non-hydrogen) atoms. The number of aromatic nitrogens is 3. The molecule has 3 aromatic rings. The number of anilines is 1. The average Bonchev–Trinajstić information content (AvgIpc) is 2.47. The van der Waals surface area contributed by atoms with Gasteiger partial charge in [0.15, 0.2) is 5.82 Å². The first-order valence-electron chi connectivity index (χ1n) is 6.25. The lowest BCUT2D eigenvalue weighted by molar-refractivity contribution is 0.619. The molecule has 0 spiro atoms. The fourth-order valence-corrected chi connectivity index (χ4v) is 2.06. The van der Waals surface area contributed by atoms with Gasteiger partial charge in [-0.2, -0.15) is 0 Å². The normalized spacial score (nSPS) is 10.8. The van der Waals surface area contributed by atoms with E-state index in [0.717, 1.165) is 16.6 Å². The lowest BCUT2D eigenvalue weighted by Gasteiger charge is -2.06. The van der Waals surface area contributed by atoms with Gasteiger partial charge in [0, 0.05) is 23.7 Å². The Morgan fingerprint density at radius 2 is 1.95 bits per heavy atom. The SMILES string of the molecule is CNc1ncc(F)c(-c2ccc3nc(C)ccc3c2)n1. The van der Waals surface area contributed by atoms with Gasteiger partial charge in [0.2, 0.25) is 5.95 Å². The molecule has 0 saturated heterocycles. The first-order chi connectivity index (χ1) is 9.67. The molecule has 100 valence electrons. The van der Waals surface area contributed by atoms with Crippen molar-refractivity contribution in [3.8, 4) is 11.3 Å². The highest BCUT2D eigenvalue weighted by Crippen LogP contribution is 2.25. The Morgan fingerprint density at radius 3 is 2.75 bits per heavy atom. The number of fused-ring (bicyclic) bond motifs is 1. The van der Waals surface area contributed by atoms with Gasteiger partial charge in [-0.1, -0.05) is 12.1 Å². The van der Waals surface area contributed by atoms with Crippen LogP contribution in [0.1, 0.15) is 5.69 Å². The van der Waals surface area contributed by atoms with Crippen molar-refractivity contribution in [2.45, 2.75) is 6.92 Å². The van der Waals surface area contributed by atoms with E-state index in [9.17, 15) is 4.39 Å². The van der Waals surface area contributed by atoms with Crippen molar-refractivity contribution in [2.75, 3.05) is 12.4 Å². The molecule has 3 rings (SSSR count). The Morgan fingerprint density at radius 1 is 1.10 bits per heavy atom. The van der Waals surface area contributed by atoms with Crippen LogP contribution in [-0.4, -0.2) is 22.0 Å². The van der Waals surface area contributed by atoms with Gasteiger partial charge >= 0.3 is 0 Å². The van der Waals surface area contributed by atoms with Crippen molar-refractivity contribution in [2.24, 2.45) is 0 Å². The Kier molecular flexibility index (Phi) is 3.02. The molecule has 0 atom stereocenters. The first kappa shape index (κ1) is 12.5. The monoisotopic (exact) mass is 268 g/mol. The largest absolute Gasteiger partial charge is 0.357 e. The average molecular weight is 268 g/mol. The fraction of sp³-hybridized carbons (Fsp3) is 0.133. The van der Waals surface area contributed by atoms with Crippen LogP contribution >= 0.6 is 0 Å². The van der Waals surface area contributed by atoms with Crippen LogP contribution in [0.4, 0.5) is 10.3 Å². The molecule has 0 radical (unpaired) electrons. The summed E-state index contributed by atoms with van der Waals surface area (Å²) in [7, 11) is 1.70. The van der Waals surface area contributed by atoms with Gasteiger partial charge in [0.1, 0.15) is 5.69 Å². The summed E-state index contributed by atoms with van der Waals surface area (Å²) in [5.74, 6) is -0.0491. The molecule has 0 bridgehead atoms. The number of hydrogen-bond donors (Lipinski definition) is 1. The maximum atomic E-state index is 13.9. The third-order valence-electron chi connectivity index (χ3n) is 3.07. The summed E-state index contributed by atoms with van der Waals surface area (Å²) in [6.45, 7) is 1.94. The van der Waals surface area contributed by atoms with Gasteiger partial charge in [-0.05, 0) is 25.1 Å². The lowest BCUT2D eigenvalue weighted by Crippen LogP contribution is -1.99. The molecule has 5 heteroatoms. The van der Waals surface area contributed by atoms with Crippen molar-refractivity contribution in [3.05, 3.63) is 48.0 Å². The van der Waals surface area contributed by atoms with E-state index in [4.69, 9.17) is 0 Å². The fourth-order valence-electron chi connectivity index (χ4n) is 2.06. The van der Waals surface area contributed by atoms with Crippen LogP contribution in [0.5, 0.6) is 0 Å². The van der Waals surface area contributed by atoms with Gasteiger partial charge in [-0.15, -0.1) is 0 Å². The molecule has 2 aromatic heterocycles. The second-order valence-electron chi connectivity index (χ2n) is 4.50. The minimum absolute atomic E-state index is 0.284. The van der Waals surface area contributed by atoms with E-state index < -0.39 is 5.82 Å². The van der Waals surface area contributed by atoms with E-state index in [1.54, 1.807) is 7.05 Å². The molecule has 0 aliphatic rings. The maximum absolute atomic E-state index is 13.9. The van der Waals surface area contributed by atoms with Crippen LogP contribution in [0.15, 0.2) is 36.5 Å². The molecule has 0 aliphatic heterocycles. The van der Waals surface area contributed by atoms with Crippen LogP contribution < -0.4 is 5.32 Å². The van der Waals surface area contributed by atoms with Gasteiger partial charge in [-0.25, -0.2) is 14.4 Å². The summed E-state index contributed by atoms with van der Waals surface area (Å²) in [5.41, 5.74) is 2.83. The Balaban J connectivity index is 2.17. The highest BCUT2D eigenvalue weighted by Gasteiger charge is 2.10. The molecule has 0 saturated carbocycles. The van der Waals surface area contributed by atoms with E-state index in [1.165, 1.54) is 6.20 Å². The summed E-state index contributed by atoms with van der Waals surface area (Å²) >= 11 is 0. The zero-order chi connectivity index (χ0) is 14.1. The number of halogens is 1. The van der Waals surface area contributed by atoms with Gasteiger partial charge in [0.25, 0.3) is 0 Å². The smallest absolute Gasteiger partial charge is 0.223 e. The van der Waals surface area contributed by atoms with Crippen LogP contribution in [-0.2, 0) is 0 Å². The van der Waals surface area contributed by atoms with Crippen LogP contribution in [0.3, 0.4) is 0 Å². The highest BCUT2D eigenvalue weighted by atomic mass is 19.1. The third kappa shape index (κ3) is 2.18. The van der Waals surface area contributed by atoms with Crippen molar-refractivity contribution in [1.29, 1.82) is 0 Å². The molecule has 0 unspecified atom stereocenters. The molecule has 1 aromatic carbocycles. The van der Waals surface area contributed by atoms with E-state index in [1.807, 2.05) is 37.3 Å². The molecular formula is C15H13FN4. The molecule has 0 aliphatic carbocycles. The third-order valence-corrected chi connectivity index (χ3v) is 3.07. The standard InChI is InChI=1S/C15H13FN4/c1-9-3-4-10-7-11(5-6-13(10)19-9)14-12(16)8-18-15(17-2)20-14/h3-8H,1-2H3,(H,17,18,20). The number of aryl methyl sites for hydroxylation is 1. The van der Waals surface area contributed by atoms with Crippen LogP contribution in [0.25, 0.3) is 22.2 Å². The number of rotatable bonds is 2.